The minimum absolute atomic E-state index is 0.0917. The zero-order valence-electron chi connectivity index (χ0n) is 25.3. The number of urea groups is 1. The minimum Gasteiger partial charge on any atom is -0.497 e. The highest BCUT2D eigenvalue weighted by atomic mass is 32.2. The van der Waals surface area contributed by atoms with E-state index in [1.165, 1.54) is 35.2 Å². The minimum atomic E-state index is -5.86. The number of ether oxygens (including phenoxy) is 2. The number of aliphatic imine (C=N–C) groups is 1. The Kier molecular flexibility index (Phi) is 9.25. The summed E-state index contributed by atoms with van der Waals surface area (Å²) in [5, 5.41) is 7.33. The number of carbonyl (C=O) groups excluding carboxylic acids is 2. The van der Waals surface area contributed by atoms with Crippen molar-refractivity contribution in [2.45, 2.75) is 39.0 Å². The van der Waals surface area contributed by atoms with Crippen LogP contribution in [0.25, 0.3) is 17.1 Å². The second-order valence-corrected chi connectivity index (χ2v) is 11.5. The first-order chi connectivity index (χ1) is 22.2. The monoisotopic (exact) mass is 674 g/mol. The van der Waals surface area contributed by atoms with Gasteiger partial charge in [-0.1, -0.05) is 31.7 Å². The fourth-order valence-electron chi connectivity index (χ4n) is 4.58. The van der Waals surface area contributed by atoms with Gasteiger partial charge in [-0.3, -0.25) is 9.69 Å². The van der Waals surface area contributed by atoms with Gasteiger partial charge in [-0.25, -0.2) is 14.5 Å². The summed E-state index contributed by atoms with van der Waals surface area (Å²) in [6.07, 6.45) is -9.85. The molecular weight excluding hydrogens is 647 g/mol. The number of methoxy groups -OCH3 is 1. The molecule has 0 bridgehead atoms. The van der Waals surface area contributed by atoms with Crippen molar-refractivity contribution in [3.05, 3.63) is 78.1 Å². The molecule has 0 spiro atoms. The molecule has 2 heterocycles. The van der Waals surface area contributed by atoms with Gasteiger partial charge >= 0.3 is 18.3 Å². The van der Waals surface area contributed by atoms with Gasteiger partial charge in [0.15, 0.2) is 11.0 Å². The molecular formula is C31H27F5N6O4S. The smallest absolute Gasteiger partial charge is 0.497 e. The molecule has 1 aliphatic heterocycles. The standard InChI is InChI=1S/C31H27F5N6O4S/c1-17(2)23-11-10-22(45-4)14-25(23)42-26(43)15-47-29(42)39-28(44)38-24-12-5-19(13-18(24)3)27-37-16-41(40-27)20-6-8-21(9-7-20)46-31(35,36)30(32,33)34/h5-14,16-17H,15H2,1-4H3,(H,38,44)/b39-29-. The Morgan fingerprint density at radius 2 is 1.72 bits per heavy atom. The summed E-state index contributed by atoms with van der Waals surface area (Å²) >= 11 is 1.15. The number of thioether (sulfide) groups is 1. The number of alkyl halides is 5. The van der Waals surface area contributed by atoms with Crippen LogP contribution in [0.4, 0.5) is 38.1 Å². The normalized spacial score (nSPS) is 14.6. The van der Waals surface area contributed by atoms with Crippen molar-refractivity contribution in [3.63, 3.8) is 0 Å². The van der Waals surface area contributed by atoms with Crippen LogP contribution in [0.2, 0.25) is 0 Å². The molecule has 1 fully saturated rings. The van der Waals surface area contributed by atoms with Gasteiger partial charge in [0.05, 0.1) is 24.2 Å². The van der Waals surface area contributed by atoms with Crippen LogP contribution in [0.3, 0.4) is 0 Å². The number of nitrogens with one attached hydrogen (secondary N) is 1. The summed E-state index contributed by atoms with van der Waals surface area (Å²) < 4.78 is 74.1. The number of carbonyl (C=O) groups is 2. The number of hydrogen-bond acceptors (Lipinski definition) is 7. The average molecular weight is 675 g/mol. The molecule has 0 atom stereocenters. The first-order valence-electron chi connectivity index (χ1n) is 14.0. The zero-order chi connectivity index (χ0) is 34.1. The highest BCUT2D eigenvalue weighted by Gasteiger charge is 2.61. The molecule has 3 amide bonds. The van der Waals surface area contributed by atoms with Crippen LogP contribution in [-0.2, 0) is 4.79 Å². The molecule has 0 radical (unpaired) electrons. The maximum atomic E-state index is 13.2. The van der Waals surface area contributed by atoms with Crippen molar-refractivity contribution >= 4 is 40.2 Å². The van der Waals surface area contributed by atoms with Crippen molar-refractivity contribution in [2.24, 2.45) is 4.99 Å². The van der Waals surface area contributed by atoms with Gasteiger partial charge in [0.1, 0.15) is 17.8 Å². The summed E-state index contributed by atoms with van der Waals surface area (Å²) in [6, 6.07) is 14.2. The summed E-state index contributed by atoms with van der Waals surface area (Å²) in [7, 11) is 1.53. The Bertz CT molecular complexity index is 1840. The third-order valence-electron chi connectivity index (χ3n) is 6.96. The lowest BCUT2D eigenvalue weighted by Crippen LogP contribution is -2.41. The van der Waals surface area contributed by atoms with Crippen molar-refractivity contribution in [2.75, 3.05) is 23.1 Å². The Balaban J connectivity index is 1.30. The molecule has 1 aromatic heterocycles. The molecule has 1 saturated heterocycles. The van der Waals surface area contributed by atoms with E-state index in [1.54, 1.807) is 31.2 Å². The van der Waals surface area contributed by atoms with Crippen LogP contribution in [0.5, 0.6) is 11.5 Å². The Morgan fingerprint density at radius 1 is 1.02 bits per heavy atom. The molecule has 4 aromatic rings. The molecule has 16 heteroatoms. The molecule has 0 saturated carbocycles. The van der Waals surface area contributed by atoms with Crippen molar-refractivity contribution in [1.82, 2.24) is 14.8 Å². The molecule has 0 aliphatic carbocycles. The molecule has 10 nitrogen and oxygen atoms in total. The van der Waals surface area contributed by atoms with Crippen molar-refractivity contribution in [1.29, 1.82) is 0 Å². The first-order valence-corrected chi connectivity index (χ1v) is 15.0. The number of amidine groups is 1. The average Bonchev–Trinajstić information content (AvgIpc) is 3.64. The van der Waals surface area contributed by atoms with Gasteiger partial charge in [-0.15, -0.1) is 5.10 Å². The second-order valence-electron chi connectivity index (χ2n) is 10.6. The van der Waals surface area contributed by atoms with E-state index in [2.05, 4.69) is 25.1 Å². The third-order valence-corrected chi connectivity index (χ3v) is 7.88. The highest BCUT2D eigenvalue weighted by Crippen LogP contribution is 2.38. The van der Waals surface area contributed by atoms with E-state index in [1.807, 2.05) is 26.0 Å². The Hall–Kier alpha value is -4.99. The number of benzene rings is 3. The fourth-order valence-corrected chi connectivity index (χ4v) is 5.44. The molecule has 246 valence electrons. The number of aryl methyl sites for hydroxylation is 1. The van der Waals surface area contributed by atoms with Gasteiger partial charge in [0.25, 0.3) is 0 Å². The lowest BCUT2D eigenvalue weighted by molar-refractivity contribution is -0.360. The zero-order valence-corrected chi connectivity index (χ0v) is 26.1. The van der Waals surface area contributed by atoms with Crippen LogP contribution < -0.4 is 19.7 Å². The summed E-state index contributed by atoms with van der Waals surface area (Å²) in [5.41, 5.74) is 3.52. The molecule has 0 unspecified atom stereocenters. The van der Waals surface area contributed by atoms with Crippen molar-refractivity contribution in [3.8, 4) is 28.6 Å². The van der Waals surface area contributed by atoms with Crippen LogP contribution in [0.1, 0.15) is 30.9 Å². The number of anilines is 2. The van der Waals surface area contributed by atoms with Crippen LogP contribution >= 0.6 is 11.8 Å². The fraction of sp³-hybridized carbons (Fsp3) is 0.258. The molecule has 1 N–H and O–H groups in total. The van der Waals surface area contributed by atoms with E-state index in [-0.39, 0.29) is 28.6 Å². The van der Waals surface area contributed by atoms with Gasteiger partial charge < -0.3 is 14.8 Å². The van der Waals surface area contributed by atoms with E-state index in [0.717, 1.165) is 29.5 Å². The van der Waals surface area contributed by atoms with E-state index >= 15 is 0 Å². The van der Waals surface area contributed by atoms with Crippen LogP contribution in [-0.4, -0.2) is 57.0 Å². The SMILES string of the molecule is COc1ccc(C(C)C)c(N2C(=O)CS/C2=N\C(=O)Nc2ccc(-c3ncn(-c4ccc(OC(F)(F)C(F)(F)F)cc4)n3)cc2C)c1. The summed E-state index contributed by atoms with van der Waals surface area (Å²) in [6.45, 7) is 5.75. The Morgan fingerprint density at radius 3 is 2.36 bits per heavy atom. The van der Waals surface area contributed by atoms with E-state index in [4.69, 9.17) is 4.74 Å². The highest BCUT2D eigenvalue weighted by molar-refractivity contribution is 8.15. The lowest BCUT2D eigenvalue weighted by atomic mass is 10.00. The number of rotatable bonds is 8. The first kappa shape index (κ1) is 33.4. The maximum Gasteiger partial charge on any atom is 0.499 e. The van der Waals surface area contributed by atoms with E-state index in [9.17, 15) is 31.5 Å². The number of amides is 3. The van der Waals surface area contributed by atoms with E-state index in [0.29, 0.717) is 33.9 Å². The van der Waals surface area contributed by atoms with Gasteiger partial charge in [-0.05, 0) is 72.5 Å². The largest absolute Gasteiger partial charge is 0.499 e. The summed E-state index contributed by atoms with van der Waals surface area (Å²) in [4.78, 5) is 35.8. The number of hydrogen-bond donors (Lipinski definition) is 1. The van der Waals surface area contributed by atoms with Crippen LogP contribution in [0.15, 0.2) is 72.0 Å². The second kappa shape index (κ2) is 13.0. The third kappa shape index (κ3) is 7.21. The predicted octanol–water partition coefficient (Wildman–Crippen LogP) is 7.58. The Labute approximate surface area is 269 Å². The topological polar surface area (TPSA) is 111 Å². The van der Waals surface area contributed by atoms with Crippen molar-refractivity contribution < 1.29 is 41.0 Å². The van der Waals surface area contributed by atoms with Gasteiger partial charge in [0, 0.05) is 17.3 Å². The van der Waals surface area contributed by atoms with Gasteiger partial charge in [0.2, 0.25) is 5.91 Å². The predicted molar refractivity (Wildman–Crippen MR) is 167 cm³/mol. The van der Waals surface area contributed by atoms with E-state index < -0.39 is 24.1 Å². The summed E-state index contributed by atoms with van der Waals surface area (Å²) in [5.74, 6) is 0.172. The quantitative estimate of drug-likeness (QED) is 0.192. The molecule has 1 aliphatic rings. The molecule has 3 aromatic carbocycles. The number of aromatic nitrogens is 3. The molecule has 47 heavy (non-hydrogen) atoms. The lowest BCUT2D eigenvalue weighted by Gasteiger charge is -2.22. The maximum absolute atomic E-state index is 13.2. The van der Waals surface area contributed by atoms with Crippen LogP contribution in [0, 0.1) is 6.92 Å². The number of nitrogens with zero attached hydrogens (tertiary/aromatic N) is 5. The van der Waals surface area contributed by atoms with Gasteiger partial charge in [-0.2, -0.15) is 26.9 Å². The molecule has 5 rings (SSSR count). The number of halogens is 5.